The van der Waals surface area contributed by atoms with Crippen molar-refractivity contribution in [2.75, 3.05) is 19.6 Å². The Kier molecular flexibility index (Phi) is 4.84. The number of imidazole rings is 1. The number of aromatic nitrogens is 4. The molecule has 1 fully saturated rings. The molecule has 3 heterocycles. The molecular weight excluding hydrogens is 310 g/mol. The number of likely N-dealkylation sites (tertiary alicyclic amines) is 1. The summed E-state index contributed by atoms with van der Waals surface area (Å²) < 4.78 is 1.91. The lowest BCUT2D eigenvalue weighted by molar-refractivity contribution is 0.208. The molecule has 0 radical (unpaired) electrons. The molecular formula is C20H23N5. The Bertz CT molecular complexity index is 785. The second-order valence-corrected chi connectivity index (χ2v) is 6.65. The van der Waals surface area contributed by atoms with E-state index in [4.69, 9.17) is 4.98 Å². The Morgan fingerprint density at radius 2 is 2.00 bits per heavy atom. The molecule has 1 saturated heterocycles. The molecule has 1 aliphatic heterocycles. The normalized spacial score (nSPS) is 18.3. The van der Waals surface area contributed by atoms with Crippen molar-refractivity contribution in [1.29, 1.82) is 0 Å². The fourth-order valence-electron chi connectivity index (χ4n) is 3.52. The van der Waals surface area contributed by atoms with E-state index in [9.17, 15) is 0 Å². The third-order valence-electron chi connectivity index (χ3n) is 4.89. The molecule has 0 aliphatic carbocycles. The second kappa shape index (κ2) is 7.57. The predicted octanol–water partition coefficient (Wildman–Crippen LogP) is 3.08. The van der Waals surface area contributed by atoms with Gasteiger partial charge in [0.25, 0.3) is 0 Å². The topological polar surface area (TPSA) is 46.8 Å². The fraction of sp³-hybridized carbons (Fsp3) is 0.350. The van der Waals surface area contributed by atoms with Crippen LogP contribution in [0.15, 0.2) is 61.4 Å². The number of nitrogens with zero attached hydrogens (tertiary/aromatic N) is 5. The molecule has 2 aromatic heterocycles. The van der Waals surface area contributed by atoms with Gasteiger partial charge in [-0.2, -0.15) is 0 Å². The van der Waals surface area contributed by atoms with Crippen molar-refractivity contribution in [3.8, 4) is 5.82 Å². The summed E-state index contributed by atoms with van der Waals surface area (Å²) in [6.45, 7) is 3.35. The molecule has 1 atom stereocenters. The summed E-state index contributed by atoms with van der Waals surface area (Å²) in [6, 6.07) is 10.7. The van der Waals surface area contributed by atoms with Crippen LogP contribution < -0.4 is 0 Å². The predicted molar refractivity (Wildman–Crippen MR) is 97.7 cm³/mol. The first-order valence-electron chi connectivity index (χ1n) is 8.95. The second-order valence-electron chi connectivity index (χ2n) is 6.65. The van der Waals surface area contributed by atoms with Crippen molar-refractivity contribution >= 4 is 0 Å². The molecule has 5 nitrogen and oxygen atoms in total. The summed E-state index contributed by atoms with van der Waals surface area (Å²) in [5, 5.41) is 0. The smallest absolute Gasteiger partial charge is 0.156 e. The molecule has 3 aromatic rings. The quantitative estimate of drug-likeness (QED) is 0.720. The Morgan fingerprint density at radius 1 is 1.08 bits per heavy atom. The van der Waals surface area contributed by atoms with Gasteiger partial charge in [-0.1, -0.05) is 30.3 Å². The first-order chi connectivity index (χ1) is 12.4. The van der Waals surface area contributed by atoms with Crippen LogP contribution in [0.1, 0.15) is 30.0 Å². The first-order valence-corrected chi connectivity index (χ1v) is 8.95. The Balaban J connectivity index is 1.42. The van der Waals surface area contributed by atoms with Crippen molar-refractivity contribution in [2.24, 2.45) is 0 Å². The number of hydrogen-bond donors (Lipinski definition) is 0. The van der Waals surface area contributed by atoms with E-state index in [1.165, 1.54) is 24.9 Å². The van der Waals surface area contributed by atoms with Crippen molar-refractivity contribution in [3.05, 3.63) is 72.7 Å². The van der Waals surface area contributed by atoms with Gasteiger partial charge in [0, 0.05) is 37.6 Å². The molecule has 5 heteroatoms. The van der Waals surface area contributed by atoms with Crippen molar-refractivity contribution in [1.82, 2.24) is 24.4 Å². The van der Waals surface area contributed by atoms with Crippen LogP contribution in [0, 0.1) is 0 Å². The van der Waals surface area contributed by atoms with Gasteiger partial charge in [0.05, 0.1) is 11.9 Å². The van der Waals surface area contributed by atoms with Crippen molar-refractivity contribution in [3.63, 3.8) is 0 Å². The molecule has 1 aliphatic rings. The third-order valence-corrected chi connectivity index (χ3v) is 4.89. The summed E-state index contributed by atoms with van der Waals surface area (Å²) in [4.78, 5) is 15.9. The largest absolute Gasteiger partial charge is 0.302 e. The van der Waals surface area contributed by atoms with Gasteiger partial charge < -0.3 is 4.90 Å². The van der Waals surface area contributed by atoms with E-state index < -0.39 is 0 Å². The van der Waals surface area contributed by atoms with E-state index in [1.807, 2.05) is 17.0 Å². The maximum Gasteiger partial charge on any atom is 0.156 e. The maximum absolute atomic E-state index is 4.83. The number of rotatable bonds is 5. The highest BCUT2D eigenvalue weighted by molar-refractivity contribution is 5.21. The molecule has 1 aromatic carbocycles. The monoisotopic (exact) mass is 333 g/mol. The minimum Gasteiger partial charge on any atom is -0.302 e. The van der Waals surface area contributed by atoms with Gasteiger partial charge in [-0.25, -0.2) is 9.97 Å². The van der Waals surface area contributed by atoms with Crippen LogP contribution in [0.3, 0.4) is 0 Å². The van der Waals surface area contributed by atoms with Crippen LogP contribution in [0.25, 0.3) is 5.82 Å². The summed E-state index contributed by atoms with van der Waals surface area (Å²) in [5.74, 6) is 1.30. The van der Waals surface area contributed by atoms with Gasteiger partial charge in [-0.15, -0.1) is 0 Å². The van der Waals surface area contributed by atoms with E-state index in [2.05, 4.69) is 45.2 Å². The summed E-state index contributed by atoms with van der Waals surface area (Å²) in [7, 11) is 0. The SMILES string of the molecule is c1ccc(CCN2CCCC(c3cncc(-n4ccnc4)n3)C2)cc1. The van der Waals surface area contributed by atoms with Crippen LogP contribution in [0.4, 0.5) is 0 Å². The molecule has 0 N–H and O–H groups in total. The Hall–Kier alpha value is -2.53. The maximum atomic E-state index is 4.83. The molecule has 4 rings (SSSR count). The average molecular weight is 333 g/mol. The van der Waals surface area contributed by atoms with Crippen LogP contribution in [-0.4, -0.2) is 44.1 Å². The molecule has 1 unspecified atom stereocenters. The highest BCUT2D eigenvalue weighted by Gasteiger charge is 2.22. The zero-order valence-corrected chi connectivity index (χ0v) is 14.3. The molecule has 25 heavy (non-hydrogen) atoms. The summed E-state index contributed by atoms with van der Waals surface area (Å²) in [5.41, 5.74) is 2.50. The Morgan fingerprint density at radius 3 is 2.84 bits per heavy atom. The lowest BCUT2D eigenvalue weighted by Crippen LogP contribution is -2.36. The van der Waals surface area contributed by atoms with E-state index in [-0.39, 0.29) is 0 Å². The zero-order valence-electron chi connectivity index (χ0n) is 14.3. The number of piperidine rings is 1. The van der Waals surface area contributed by atoms with E-state index in [1.54, 1.807) is 18.7 Å². The van der Waals surface area contributed by atoms with Gasteiger partial charge in [-0.3, -0.25) is 9.55 Å². The lowest BCUT2D eigenvalue weighted by Gasteiger charge is -2.32. The van der Waals surface area contributed by atoms with Gasteiger partial charge in [-0.05, 0) is 31.4 Å². The molecule has 0 saturated carbocycles. The fourth-order valence-corrected chi connectivity index (χ4v) is 3.52. The highest BCUT2D eigenvalue weighted by atomic mass is 15.1. The zero-order chi connectivity index (χ0) is 16.9. The molecule has 0 bridgehead atoms. The molecule has 0 amide bonds. The van der Waals surface area contributed by atoms with Crippen LogP contribution in [-0.2, 0) is 6.42 Å². The summed E-state index contributed by atoms with van der Waals surface area (Å²) in [6.07, 6.45) is 12.7. The van der Waals surface area contributed by atoms with Crippen molar-refractivity contribution < 1.29 is 0 Å². The van der Waals surface area contributed by atoms with Gasteiger partial charge in [0.2, 0.25) is 0 Å². The van der Waals surface area contributed by atoms with Crippen LogP contribution >= 0.6 is 0 Å². The van der Waals surface area contributed by atoms with E-state index in [0.29, 0.717) is 5.92 Å². The highest BCUT2D eigenvalue weighted by Crippen LogP contribution is 2.25. The minimum atomic E-state index is 0.459. The van der Waals surface area contributed by atoms with E-state index >= 15 is 0 Å². The summed E-state index contributed by atoms with van der Waals surface area (Å²) >= 11 is 0. The van der Waals surface area contributed by atoms with Crippen molar-refractivity contribution in [2.45, 2.75) is 25.2 Å². The average Bonchev–Trinajstić information content (AvgIpc) is 3.22. The standard InChI is InChI=1S/C20H23N5/c1-2-5-17(6-3-1)8-11-24-10-4-7-18(15-24)19-13-22-14-20(23-19)25-12-9-21-16-25/h1-3,5-6,9,12-14,16,18H,4,7-8,10-11,15H2. The van der Waals surface area contributed by atoms with Crippen LogP contribution in [0.5, 0.6) is 0 Å². The molecule has 0 spiro atoms. The van der Waals surface area contributed by atoms with Crippen LogP contribution in [0.2, 0.25) is 0 Å². The lowest BCUT2D eigenvalue weighted by atomic mass is 9.94. The van der Waals surface area contributed by atoms with Gasteiger partial charge in [0.1, 0.15) is 6.33 Å². The first kappa shape index (κ1) is 16.0. The van der Waals surface area contributed by atoms with Gasteiger partial charge in [0.15, 0.2) is 5.82 Å². The Labute approximate surface area is 148 Å². The number of benzene rings is 1. The van der Waals surface area contributed by atoms with E-state index in [0.717, 1.165) is 31.0 Å². The van der Waals surface area contributed by atoms with Gasteiger partial charge >= 0.3 is 0 Å². The third kappa shape index (κ3) is 3.94. The number of hydrogen-bond acceptors (Lipinski definition) is 4. The molecule has 128 valence electrons. The minimum absolute atomic E-state index is 0.459.